The lowest BCUT2D eigenvalue weighted by atomic mass is 10.2. The molecular weight excluding hydrogens is 290 g/mol. The van der Waals surface area contributed by atoms with Crippen LogP contribution >= 0.6 is 0 Å². The van der Waals surface area contributed by atoms with E-state index in [1.165, 1.54) is 5.56 Å². The second-order valence-corrected chi connectivity index (χ2v) is 5.53. The molecule has 2 rings (SSSR count). The molecule has 0 heterocycles. The number of hydrogen-bond donors (Lipinski definition) is 1. The Labute approximate surface area is 138 Å². The first kappa shape index (κ1) is 17.2. The van der Waals surface area contributed by atoms with Crippen LogP contribution in [0.1, 0.15) is 19.4 Å². The Kier molecular flexibility index (Phi) is 6.76. The van der Waals surface area contributed by atoms with Gasteiger partial charge in [-0.05, 0) is 43.7 Å². The summed E-state index contributed by atoms with van der Waals surface area (Å²) in [6, 6.07) is 16.1. The number of hydrogen-bond acceptors (Lipinski definition) is 4. The molecule has 0 aliphatic heterocycles. The zero-order valence-electron chi connectivity index (χ0n) is 14.0. The van der Waals surface area contributed by atoms with Crippen molar-refractivity contribution in [1.82, 2.24) is 0 Å². The van der Waals surface area contributed by atoms with Crippen LogP contribution < -0.4 is 14.8 Å². The van der Waals surface area contributed by atoms with Crippen LogP contribution in [-0.2, 0) is 11.3 Å². The highest BCUT2D eigenvalue weighted by Gasteiger charge is 2.00. The zero-order valence-corrected chi connectivity index (χ0v) is 14.0. The van der Waals surface area contributed by atoms with Crippen molar-refractivity contribution in [3.63, 3.8) is 0 Å². The van der Waals surface area contributed by atoms with Crippen LogP contribution in [0.4, 0.5) is 5.69 Å². The maximum Gasteiger partial charge on any atom is 0.121 e. The van der Waals surface area contributed by atoms with Crippen molar-refractivity contribution in [2.24, 2.45) is 0 Å². The molecule has 0 unspecified atom stereocenters. The minimum absolute atomic E-state index is 0.177. The standard InChI is InChI=1S/C19H25NO3/c1-15(2)23-19-6-4-5-17(13-19)20-14-16-7-9-18(10-8-16)22-12-11-21-3/h4-10,13,15,20H,11-12,14H2,1-3H3. The summed E-state index contributed by atoms with van der Waals surface area (Å²) in [5, 5.41) is 3.41. The maximum atomic E-state index is 5.70. The van der Waals surface area contributed by atoms with Gasteiger partial charge in [-0.25, -0.2) is 0 Å². The van der Waals surface area contributed by atoms with Gasteiger partial charge in [0.1, 0.15) is 18.1 Å². The third-order valence-electron chi connectivity index (χ3n) is 3.18. The molecule has 0 bridgehead atoms. The second kappa shape index (κ2) is 9.06. The molecule has 2 aromatic carbocycles. The average molecular weight is 315 g/mol. The minimum atomic E-state index is 0.177. The van der Waals surface area contributed by atoms with Crippen LogP contribution in [0.5, 0.6) is 11.5 Å². The van der Waals surface area contributed by atoms with E-state index in [0.29, 0.717) is 13.2 Å². The van der Waals surface area contributed by atoms with Crippen molar-refractivity contribution in [3.05, 3.63) is 54.1 Å². The summed E-state index contributed by atoms with van der Waals surface area (Å²) in [7, 11) is 1.67. The van der Waals surface area contributed by atoms with Crippen molar-refractivity contribution in [2.75, 3.05) is 25.6 Å². The van der Waals surface area contributed by atoms with Crippen molar-refractivity contribution >= 4 is 5.69 Å². The molecule has 0 amide bonds. The quantitative estimate of drug-likeness (QED) is 0.707. The molecule has 1 N–H and O–H groups in total. The normalized spacial score (nSPS) is 10.6. The van der Waals surface area contributed by atoms with Gasteiger partial charge in [-0.2, -0.15) is 0 Å². The van der Waals surface area contributed by atoms with Crippen LogP contribution in [0.3, 0.4) is 0 Å². The Morgan fingerprint density at radius 1 is 0.957 bits per heavy atom. The monoisotopic (exact) mass is 315 g/mol. The van der Waals surface area contributed by atoms with E-state index < -0.39 is 0 Å². The Hall–Kier alpha value is -2.20. The fourth-order valence-corrected chi connectivity index (χ4v) is 2.10. The Morgan fingerprint density at radius 2 is 1.74 bits per heavy atom. The molecule has 0 aliphatic carbocycles. The number of anilines is 1. The predicted molar refractivity (Wildman–Crippen MR) is 93.3 cm³/mol. The number of ether oxygens (including phenoxy) is 3. The minimum Gasteiger partial charge on any atom is -0.491 e. The molecule has 23 heavy (non-hydrogen) atoms. The van der Waals surface area contributed by atoms with Gasteiger partial charge in [0.25, 0.3) is 0 Å². The summed E-state index contributed by atoms with van der Waals surface area (Å²) in [5.74, 6) is 1.74. The van der Waals surface area contributed by atoms with Crippen LogP contribution in [0, 0.1) is 0 Å². The molecule has 4 heteroatoms. The van der Waals surface area contributed by atoms with Gasteiger partial charge in [-0.3, -0.25) is 0 Å². The van der Waals surface area contributed by atoms with Crippen molar-refractivity contribution < 1.29 is 14.2 Å². The molecule has 4 nitrogen and oxygen atoms in total. The Balaban J connectivity index is 1.85. The van der Waals surface area contributed by atoms with E-state index in [1.54, 1.807) is 7.11 Å². The molecule has 0 aromatic heterocycles. The predicted octanol–water partition coefficient (Wildman–Crippen LogP) is 4.11. The van der Waals surface area contributed by atoms with E-state index in [1.807, 2.05) is 50.2 Å². The lowest BCUT2D eigenvalue weighted by Gasteiger charge is -2.12. The summed E-state index contributed by atoms with van der Waals surface area (Å²) >= 11 is 0. The smallest absolute Gasteiger partial charge is 0.121 e. The molecule has 124 valence electrons. The van der Waals surface area contributed by atoms with E-state index in [4.69, 9.17) is 14.2 Å². The van der Waals surface area contributed by atoms with Gasteiger partial charge in [-0.15, -0.1) is 0 Å². The molecular formula is C19H25NO3. The Morgan fingerprint density at radius 3 is 2.43 bits per heavy atom. The SMILES string of the molecule is COCCOc1ccc(CNc2cccc(OC(C)C)c2)cc1. The first-order valence-corrected chi connectivity index (χ1v) is 7.88. The van der Waals surface area contributed by atoms with Crippen molar-refractivity contribution in [2.45, 2.75) is 26.5 Å². The van der Waals surface area contributed by atoms with Crippen LogP contribution in [0.15, 0.2) is 48.5 Å². The number of benzene rings is 2. The average Bonchev–Trinajstić information content (AvgIpc) is 2.54. The molecule has 0 spiro atoms. The first-order valence-electron chi connectivity index (χ1n) is 7.88. The molecule has 2 aromatic rings. The molecule has 0 atom stereocenters. The van der Waals surface area contributed by atoms with Crippen molar-refractivity contribution in [3.8, 4) is 11.5 Å². The van der Waals surface area contributed by atoms with Crippen LogP contribution in [-0.4, -0.2) is 26.4 Å². The van der Waals surface area contributed by atoms with Gasteiger partial charge < -0.3 is 19.5 Å². The van der Waals surface area contributed by atoms with Crippen LogP contribution in [0.25, 0.3) is 0 Å². The van der Waals surface area contributed by atoms with E-state index in [9.17, 15) is 0 Å². The maximum absolute atomic E-state index is 5.70. The highest BCUT2D eigenvalue weighted by atomic mass is 16.5. The topological polar surface area (TPSA) is 39.7 Å². The number of rotatable bonds is 9. The van der Waals surface area contributed by atoms with E-state index in [0.717, 1.165) is 23.7 Å². The second-order valence-electron chi connectivity index (χ2n) is 5.53. The zero-order chi connectivity index (χ0) is 16.5. The van der Waals surface area contributed by atoms with Crippen molar-refractivity contribution in [1.29, 1.82) is 0 Å². The lowest BCUT2D eigenvalue weighted by Crippen LogP contribution is -2.06. The van der Waals surface area contributed by atoms with E-state index in [-0.39, 0.29) is 6.10 Å². The lowest BCUT2D eigenvalue weighted by molar-refractivity contribution is 0.146. The summed E-state index contributed by atoms with van der Waals surface area (Å²) in [6.45, 7) is 5.96. The highest BCUT2D eigenvalue weighted by molar-refractivity contribution is 5.48. The fraction of sp³-hybridized carbons (Fsp3) is 0.368. The van der Waals surface area contributed by atoms with E-state index >= 15 is 0 Å². The molecule has 0 aliphatic rings. The molecule has 0 fully saturated rings. The van der Waals surface area contributed by atoms with Gasteiger partial charge in [0.05, 0.1) is 12.7 Å². The summed E-state index contributed by atoms with van der Waals surface area (Å²) in [6.07, 6.45) is 0.177. The number of nitrogens with one attached hydrogen (secondary N) is 1. The third-order valence-corrected chi connectivity index (χ3v) is 3.18. The van der Waals surface area contributed by atoms with E-state index in [2.05, 4.69) is 17.4 Å². The third kappa shape index (κ3) is 6.20. The summed E-state index contributed by atoms with van der Waals surface area (Å²) in [4.78, 5) is 0. The molecule has 0 radical (unpaired) electrons. The molecule has 0 saturated carbocycles. The summed E-state index contributed by atoms with van der Waals surface area (Å²) in [5.41, 5.74) is 2.24. The van der Waals surface area contributed by atoms with Gasteiger partial charge in [0.2, 0.25) is 0 Å². The van der Waals surface area contributed by atoms with Gasteiger partial charge >= 0.3 is 0 Å². The van der Waals surface area contributed by atoms with Gasteiger partial charge in [0.15, 0.2) is 0 Å². The highest BCUT2D eigenvalue weighted by Crippen LogP contribution is 2.19. The van der Waals surface area contributed by atoms with Gasteiger partial charge in [-0.1, -0.05) is 18.2 Å². The largest absolute Gasteiger partial charge is 0.491 e. The number of methoxy groups -OCH3 is 1. The Bertz CT molecular complexity index is 581. The fourth-order valence-electron chi connectivity index (χ4n) is 2.10. The van der Waals surface area contributed by atoms with Crippen LogP contribution in [0.2, 0.25) is 0 Å². The van der Waals surface area contributed by atoms with Gasteiger partial charge in [0, 0.05) is 25.4 Å². The summed E-state index contributed by atoms with van der Waals surface area (Å²) < 4.78 is 16.2. The molecule has 0 saturated heterocycles. The first-order chi connectivity index (χ1) is 11.2.